The van der Waals surface area contributed by atoms with Gasteiger partial charge in [0.25, 0.3) is 0 Å². The summed E-state index contributed by atoms with van der Waals surface area (Å²) in [4.78, 5) is 12.0. The van der Waals surface area contributed by atoms with Gasteiger partial charge in [-0.15, -0.1) is 12.4 Å². The van der Waals surface area contributed by atoms with Crippen molar-refractivity contribution in [1.29, 1.82) is 0 Å². The number of carbonyl (C=O) groups excluding carboxylic acids is 1. The van der Waals surface area contributed by atoms with Gasteiger partial charge in [-0.1, -0.05) is 78.9 Å². The van der Waals surface area contributed by atoms with Crippen LogP contribution in [0.4, 0.5) is 0 Å². The third-order valence-corrected chi connectivity index (χ3v) is 4.70. The van der Waals surface area contributed by atoms with Gasteiger partial charge in [0.2, 0.25) is 0 Å². The van der Waals surface area contributed by atoms with E-state index < -0.39 is 0 Å². The Labute approximate surface area is 170 Å². The number of ether oxygens (including phenoxy) is 1. The van der Waals surface area contributed by atoms with Crippen LogP contribution in [0.25, 0.3) is 21.5 Å². The quantitative estimate of drug-likeness (QED) is 0.360. The lowest BCUT2D eigenvalue weighted by molar-refractivity contribution is -0.143. The first kappa shape index (κ1) is 19.9. The van der Waals surface area contributed by atoms with E-state index in [0.717, 1.165) is 5.56 Å². The van der Waals surface area contributed by atoms with Gasteiger partial charge in [0, 0.05) is 6.54 Å². The molecule has 28 heavy (non-hydrogen) atoms. The van der Waals surface area contributed by atoms with Crippen LogP contribution in [0, 0.1) is 0 Å². The predicted molar refractivity (Wildman–Crippen MR) is 117 cm³/mol. The third-order valence-electron chi connectivity index (χ3n) is 4.70. The van der Waals surface area contributed by atoms with Crippen molar-refractivity contribution in [3.8, 4) is 0 Å². The number of hydrogen-bond acceptors (Lipinski definition) is 3. The normalized spacial score (nSPS) is 10.6. The smallest absolute Gasteiger partial charge is 0.320 e. The number of carbonyl (C=O) groups is 1. The molecule has 0 spiro atoms. The Morgan fingerprint density at radius 1 is 0.786 bits per heavy atom. The summed E-state index contributed by atoms with van der Waals surface area (Å²) < 4.78 is 5.34. The molecule has 0 aliphatic rings. The van der Waals surface area contributed by atoms with Crippen LogP contribution in [-0.4, -0.2) is 12.5 Å². The number of nitrogens with one attached hydrogen (secondary N) is 1. The van der Waals surface area contributed by atoms with Crippen molar-refractivity contribution < 1.29 is 9.53 Å². The molecule has 0 saturated carbocycles. The van der Waals surface area contributed by atoms with E-state index in [2.05, 4.69) is 59.9 Å². The summed E-state index contributed by atoms with van der Waals surface area (Å²) in [6.45, 7) is 1.10. The molecule has 4 heteroatoms. The molecule has 0 aliphatic carbocycles. The fraction of sp³-hybridized carbons (Fsp3) is 0.125. The minimum atomic E-state index is -0.247. The lowest BCUT2D eigenvalue weighted by atomic mass is 9.97. The standard InChI is InChI=1S/C24H21NO2.ClH/c26-24(27-17-18-8-2-1-3-9-18)16-25-15-23-21-12-6-4-10-19(21)14-20-11-5-7-13-22(20)23;/h1-14,25H,15-17H2;1H. The van der Waals surface area contributed by atoms with Gasteiger partial charge >= 0.3 is 5.97 Å². The number of rotatable bonds is 6. The van der Waals surface area contributed by atoms with Gasteiger partial charge in [-0.3, -0.25) is 4.79 Å². The van der Waals surface area contributed by atoms with Crippen LogP contribution in [0.5, 0.6) is 0 Å². The third kappa shape index (κ3) is 4.50. The highest BCUT2D eigenvalue weighted by Crippen LogP contribution is 2.28. The van der Waals surface area contributed by atoms with Crippen molar-refractivity contribution in [1.82, 2.24) is 5.32 Å². The van der Waals surface area contributed by atoms with Gasteiger partial charge in [-0.25, -0.2) is 0 Å². The Hall–Kier alpha value is -2.88. The Morgan fingerprint density at radius 3 is 2.00 bits per heavy atom. The molecule has 0 fully saturated rings. The second-order valence-corrected chi connectivity index (χ2v) is 6.55. The summed E-state index contributed by atoms with van der Waals surface area (Å²) >= 11 is 0. The molecule has 142 valence electrons. The largest absolute Gasteiger partial charge is 0.460 e. The van der Waals surface area contributed by atoms with E-state index in [4.69, 9.17) is 4.74 Å². The Morgan fingerprint density at radius 2 is 1.36 bits per heavy atom. The van der Waals surface area contributed by atoms with E-state index in [9.17, 15) is 4.79 Å². The van der Waals surface area contributed by atoms with Gasteiger partial charge in [0.1, 0.15) is 6.61 Å². The monoisotopic (exact) mass is 391 g/mol. The SMILES string of the molecule is Cl.O=C(CNCc1c2ccccc2cc2ccccc12)OCc1ccccc1. The molecule has 1 N–H and O–H groups in total. The zero-order chi connectivity index (χ0) is 18.5. The Kier molecular flexibility index (Phi) is 6.64. The summed E-state index contributed by atoms with van der Waals surface area (Å²) in [6, 6.07) is 28.6. The van der Waals surface area contributed by atoms with E-state index in [1.807, 2.05) is 30.3 Å². The van der Waals surface area contributed by atoms with Crippen LogP contribution in [-0.2, 0) is 22.7 Å². The number of halogens is 1. The van der Waals surface area contributed by atoms with Gasteiger partial charge in [0.15, 0.2) is 0 Å². The highest BCUT2D eigenvalue weighted by Gasteiger charge is 2.09. The maximum Gasteiger partial charge on any atom is 0.320 e. The molecule has 4 aromatic carbocycles. The molecule has 3 nitrogen and oxygen atoms in total. The molecule has 0 unspecified atom stereocenters. The van der Waals surface area contributed by atoms with E-state index in [1.165, 1.54) is 27.1 Å². The summed E-state index contributed by atoms with van der Waals surface area (Å²) in [5, 5.41) is 8.08. The van der Waals surface area contributed by atoms with Crippen LogP contribution in [0.1, 0.15) is 11.1 Å². The lowest BCUT2D eigenvalue weighted by Crippen LogP contribution is -2.24. The first-order valence-electron chi connectivity index (χ1n) is 9.11. The van der Waals surface area contributed by atoms with Crippen molar-refractivity contribution in [2.75, 3.05) is 6.54 Å². The molecule has 4 rings (SSSR count). The van der Waals surface area contributed by atoms with E-state index in [1.54, 1.807) is 0 Å². The molecule has 0 atom stereocenters. The summed E-state index contributed by atoms with van der Waals surface area (Å²) in [5.74, 6) is -0.247. The molecule has 0 saturated heterocycles. The number of hydrogen-bond donors (Lipinski definition) is 1. The number of fused-ring (bicyclic) bond motifs is 2. The Balaban J connectivity index is 0.00000225. The van der Waals surface area contributed by atoms with Gasteiger partial charge in [-0.2, -0.15) is 0 Å². The molecular formula is C24H22ClNO2. The average molecular weight is 392 g/mol. The van der Waals surface area contributed by atoms with Crippen LogP contribution < -0.4 is 5.32 Å². The van der Waals surface area contributed by atoms with E-state index >= 15 is 0 Å². The average Bonchev–Trinajstić information content (AvgIpc) is 2.72. The number of benzene rings is 4. The van der Waals surface area contributed by atoms with Crippen molar-refractivity contribution in [2.45, 2.75) is 13.2 Å². The highest BCUT2D eigenvalue weighted by molar-refractivity contribution is 6.02. The van der Waals surface area contributed by atoms with Gasteiger partial charge in [-0.05, 0) is 38.7 Å². The fourth-order valence-electron chi connectivity index (χ4n) is 3.38. The molecule has 0 radical (unpaired) electrons. The lowest BCUT2D eigenvalue weighted by Gasteiger charge is -2.12. The second kappa shape index (κ2) is 9.36. The van der Waals surface area contributed by atoms with Crippen LogP contribution >= 0.6 is 12.4 Å². The molecule has 0 aromatic heterocycles. The van der Waals surface area contributed by atoms with Crippen molar-refractivity contribution in [3.63, 3.8) is 0 Å². The first-order chi connectivity index (χ1) is 13.3. The van der Waals surface area contributed by atoms with Crippen molar-refractivity contribution in [3.05, 3.63) is 96.1 Å². The maximum atomic E-state index is 12.0. The predicted octanol–water partition coefficient (Wildman–Crippen LogP) is 5.25. The second-order valence-electron chi connectivity index (χ2n) is 6.55. The van der Waals surface area contributed by atoms with E-state index in [0.29, 0.717) is 13.2 Å². The minimum absolute atomic E-state index is 0. The zero-order valence-corrected chi connectivity index (χ0v) is 16.2. The fourth-order valence-corrected chi connectivity index (χ4v) is 3.38. The zero-order valence-electron chi connectivity index (χ0n) is 15.4. The molecule has 0 bridgehead atoms. The molecule has 0 aliphatic heterocycles. The molecule has 4 aromatic rings. The Bertz CT molecular complexity index is 1030. The van der Waals surface area contributed by atoms with Crippen LogP contribution in [0.3, 0.4) is 0 Å². The van der Waals surface area contributed by atoms with E-state index in [-0.39, 0.29) is 24.9 Å². The van der Waals surface area contributed by atoms with Crippen molar-refractivity contribution in [2.24, 2.45) is 0 Å². The summed E-state index contributed by atoms with van der Waals surface area (Å²) in [7, 11) is 0. The first-order valence-corrected chi connectivity index (χ1v) is 9.11. The summed E-state index contributed by atoms with van der Waals surface area (Å²) in [6.07, 6.45) is 0. The molecule has 0 heterocycles. The molecular weight excluding hydrogens is 370 g/mol. The van der Waals surface area contributed by atoms with Crippen LogP contribution in [0.2, 0.25) is 0 Å². The van der Waals surface area contributed by atoms with Crippen LogP contribution in [0.15, 0.2) is 84.9 Å². The number of esters is 1. The maximum absolute atomic E-state index is 12.0. The topological polar surface area (TPSA) is 38.3 Å². The molecule has 0 amide bonds. The summed E-state index contributed by atoms with van der Waals surface area (Å²) in [5.41, 5.74) is 2.20. The minimum Gasteiger partial charge on any atom is -0.460 e. The van der Waals surface area contributed by atoms with Gasteiger partial charge < -0.3 is 10.1 Å². The van der Waals surface area contributed by atoms with Gasteiger partial charge in [0.05, 0.1) is 6.54 Å². The highest BCUT2D eigenvalue weighted by atomic mass is 35.5. The van der Waals surface area contributed by atoms with Crippen molar-refractivity contribution >= 4 is 39.9 Å².